The minimum Gasteiger partial charge on any atom is -0.369 e. The Balaban J connectivity index is 1.84. The summed E-state index contributed by atoms with van der Waals surface area (Å²) in [7, 11) is 0. The minimum absolute atomic E-state index is 0.0932. The van der Waals surface area contributed by atoms with Gasteiger partial charge in [0, 0.05) is 12.6 Å². The van der Waals surface area contributed by atoms with Crippen LogP contribution in [0.1, 0.15) is 39.0 Å². The van der Waals surface area contributed by atoms with Crippen LogP contribution in [0.4, 0.5) is 10.3 Å². The molecule has 0 atom stereocenters. The Bertz CT molecular complexity index is 644. The maximum absolute atomic E-state index is 13.7. The lowest BCUT2D eigenvalue weighted by atomic mass is 9.81. The van der Waals surface area contributed by atoms with Crippen molar-refractivity contribution in [3.63, 3.8) is 0 Å². The van der Waals surface area contributed by atoms with Crippen molar-refractivity contribution in [2.45, 2.75) is 45.6 Å². The van der Waals surface area contributed by atoms with Gasteiger partial charge >= 0.3 is 0 Å². The number of nitrogens with zero attached hydrogens (tertiary/aromatic N) is 2. The van der Waals surface area contributed by atoms with Crippen LogP contribution in [-0.4, -0.2) is 9.55 Å². The normalized spacial score (nSPS) is 22.8. The second kappa shape index (κ2) is 5.84. The second-order valence-electron chi connectivity index (χ2n) is 6.13. The number of rotatable bonds is 3. The largest absolute Gasteiger partial charge is 0.369 e. The highest BCUT2D eigenvalue weighted by Gasteiger charge is 2.22. The molecule has 1 aliphatic carbocycles. The van der Waals surface area contributed by atoms with Crippen LogP contribution in [0.25, 0.3) is 11.0 Å². The number of hydrogen-bond donors (Lipinski definition) is 1. The van der Waals surface area contributed by atoms with Gasteiger partial charge in [0.25, 0.3) is 0 Å². The van der Waals surface area contributed by atoms with Crippen molar-refractivity contribution < 1.29 is 4.39 Å². The molecule has 1 fully saturated rings. The van der Waals surface area contributed by atoms with Gasteiger partial charge in [0.1, 0.15) is 5.82 Å². The molecule has 1 aromatic heterocycles. The van der Waals surface area contributed by atoms with E-state index in [1.807, 2.05) is 4.57 Å². The van der Waals surface area contributed by atoms with Crippen molar-refractivity contribution in [3.05, 3.63) is 23.0 Å². The molecule has 1 aromatic carbocycles. The smallest absolute Gasteiger partial charge is 0.201 e. The van der Waals surface area contributed by atoms with Crippen molar-refractivity contribution in [1.82, 2.24) is 9.55 Å². The number of nitrogen functional groups attached to an aromatic ring is 1. The van der Waals surface area contributed by atoms with Crippen LogP contribution in [-0.2, 0) is 6.54 Å². The number of nitrogens with two attached hydrogens (primary N) is 1. The van der Waals surface area contributed by atoms with E-state index in [-0.39, 0.29) is 5.02 Å². The number of aromatic nitrogens is 2. The molecule has 1 saturated carbocycles. The number of hydrogen-bond acceptors (Lipinski definition) is 2. The Kier molecular flexibility index (Phi) is 4.07. The zero-order chi connectivity index (χ0) is 15.0. The molecule has 3 nitrogen and oxygen atoms in total. The van der Waals surface area contributed by atoms with Crippen LogP contribution >= 0.6 is 11.6 Å². The first-order valence-electron chi connectivity index (χ1n) is 7.69. The van der Waals surface area contributed by atoms with Gasteiger partial charge in [0.2, 0.25) is 5.95 Å². The predicted molar refractivity (Wildman–Crippen MR) is 84.9 cm³/mol. The van der Waals surface area contributed by atoms with Crippen molar-refractivity contribution in [3.8, 4) is 0 Å². The monoisotopic (exact) mass is 309 g/mol. The summed E-state index contributed by atoms with van der Waals surface area (Å²) in [4.78, 5) is 4.30. The summed E-state index contributed by atoms with van der Waals surface area (Å²) in [6, 6.07) is 2.99. The Morgan fingerprint density at radius 2 is 1.95 bits per heavy atom. The zero-order valence-corrected chi connectivity index (χ0v) is 13.0. The van der Waals surface area contributed by atoms with Gasteiger partial charge in [-0.15, -0.1) is 0 Å². The molecule has 5 heteroatoms. The van der Waals surface area contributed by atoms with Gasteiger partial charge in [-0.3, -0.25) is 0 Å². The third-order valence-corrected chi connectivity index (χ3v) is 5.09. The summed E-state index contributed by atoms with van der Waals surface area (Å²) in [5, 5.41) is 0.0932. The SMILES string of the molecule is CCC1CCC(Cn2c(N)nc3cc(Cl)c(F)cc32)CC1. The Labute approximate surface area is 129 Å². The first-order chi connectivity index (χ1) is 10.1. The van der Waals surface area contributed by atoms with Gasteiger partial charge in [-0.2, -0.15) is 0 Å². The standard InChI is InChI=1S/C16H21ClFN3/c1-2-10-3-5-11(6-4-10)9-21-15-8-13(18)12(17)7-14(15)20-16(21)19/h7-8,10-11H,2-6,9H2,1H3,(H2,19,20). The lowest BCUT2D eigenvalue weighted by molar-refractivity contribution is 0.250. The molecule has 2 aromatic rings. The minimum atomic E-state index is -0.417. The van der Waals surface area contributed by atoms with Gasteiger partial charge in [0.15, 0.2) is 0 Å². The molecule has 1 aliphatic rings. The van der Waals surface area contributed by atoms with Gasteiger partial charge in [-0.25, -0.2) is 9.37 Å². The molecule has 1 heterocycles. The molecule has 0 amide bonds. The molecule has 0 saturated heterocycles. The maximum atomic E-state index is 13.7. The van der Waals surface area contributed by atoms with Crippen molar-refractivity contribution in [2.24, 2.45) is 11.8 Å². The summed E-state index contributed by atoms with van der Waals surface area (Å²) in [5.74, 6) is 1.50. The van der Waals surface area contributed by atoms with E-state index in [2.05, 4.69) is 11.9 Å². The van der Waals surface area contributed by atoms with E-state index in [4.69, 9.17) is 17.3 Å². The summed E-state index contributed by atoms with van der Waals surface area (Å²) >= 11 is 5.81. The lowest BCUT2D eigenvalue weighted by Crippen LogP contribution is -2.19. The summed E-state index contributed by atoms with van der Waals surface area (Å²) in [6.07, 6.45) is 6.27. The Morgan fingerprint density at radius 1 is 1.29 bits per heavy atom. The number of anilines is 1. The van der Waals surface area contributed by atoms with Crippen LogP contribution in [0.2, 0.25) is 5.02 Å². The van der Waals surface area contributed by atoms with E-state index in [0.717, 1.165) is 18.0 Å². The van der Waals surface area contributed by atoms with E-state index in [9.17, 15) is 4.39 Å². The fraction of sp³-hybridized carbons (Fsp3) is 0.562. The van der Waals surface area contributed by atoms with Crippen LogP contribution in [0, 0.1) is 17.7 Å². The first-order valence-corrected chi connectivity index (χ1v) is 8.07. The third kappa shape index (κ3) is 2.86. The van der Waals surface area contributed by atoms with Gasteiger partial charge < -0.3 is 10.3 Å². The summed E-state index contributed by atoms with van der Waals surface area (Å²) in [5.41, 5.74) is 7.42. The summed E-state index contributed by atoms with van der Waals surface area (Å²) in [6.45, 7) is 3.08. The Hall–Kier alpha value is -1.29. The molecular weight excluding hydrogens is 289 g/mol. The van der Waals surface area contributed by atoms with Gasteiger partial charge in [0.05, 0.1) is 16.1 Å². The maximum Gasteiger partial charge on any atom is 0.201 e. The average Bonchev–Trinajstić information content (AvgIpc) is 2.76. The molecule has 21 heavy (non-hydrogen) atoms. The molecule has 0 unspecified atom stereocenters. The highest BCUT2D eigenvalue weighted by Crippen LogP contribution is 2.33. The topological polar surface area (TPSA) is 43.8 Å². The molecule has 0 spiro atoms. The molecule has 0 bridgehead atoms. The number of benzene rings is 1. The van der Waals surface area contributed by atoms with E-state index >= 15 is 0 Å². The first kappa shape index (κ1) is 14.6. The highest BCUT2D eigenvalue weighted by molar-refractivity contribution is 6.31. The summed E-state index contributed by atoms with van der Waals surface area (Å²) < 4.78 is 15.6. The highest BCUT2D eigenvalue weighted by atomic mass is 35.5. The van der Waals surface area contributed by atoms with Crippen LogP contribution in [0.5, 0.6) is 0 Å². The van der Waals surface area contributed by atoms with Crippen molar-refractivity contribution in [2.75, 3.05) is 5.73 Å². The number of fused-ring (bicyclic) bond motifs is 1. The third-order valence-electron chi connectivity index (χ3n) is 4.80. The number of halogens is 2. The predicted octanol–water partition coefficient (Wildman–Crippen LogP) is 4.63. The number of imidazole rings is 1. The molecule has 3 rings (SSSR count). The molecular formula is C16H21ClFN3. The van der Waals surface area contributed by atoms with Crippen LogP contribution < -0.4 is 5.73 Å². The fourth-order valence-corrected chi connectivity index (χ4v) is 3.57. The molecule has 0 aliphatic heterocycles. The van der Waals surface area contributed by atoms with E-state index < -0.39 is 5.82 Å². The van der Waals surface area contributed by atoms with E-state index in [1.54, 1.807) is 6.07 Å². The molecule has 0 radical (unpaired) electrons. The van der Waals surface area contributed by atoms with Crippen molar-refractivity contribution >= 4 is 28.6 Å². The lowest BCUT2D eigenvalue weighted by Gasteiger charge is -2.28. The molecule has 114 valence electrons. The zero-order valence-electron chi connectivity index (χ0n) is 12.3. The average molecular weight is 310 g/mol. The van der Waals surface area contributed by atoms with E-state index in [0.29, 0.717) is 17.4 Å². The molecule has 2 N–H and O–H groups in total. The van der Waals surface area contributed by atoms with Crippen LogP contribution in [0.3, 0.4) is 0 Å². The quantitative estimate of drug-likeness (QED) is 0.898. The van der Waals surface area contributed by atoms with Gasteiger partial charge in [-0.1, -0.05) is 37.8 Å². The van der Waals surface area contributed by atoms with Crippen molar-refractivity contribution in [1.29, 1.82) is 0 Å². The van der Waals surface area contributed by atoms with Gasteiger partial charge in [-0.05, 0) is 30.7 Å². The van der Waals surface area contributed by atoms with Crippen LogP contribution in [0.15, 0.2) is 12.1 Å². The fourth-order valence-electron chi connectivity index (χ4n) is 3.41. The Morgan fingerprint density at radius 3 is 2.62 bits per heavy atom. The van der Waals surface area contributed by atoms with E-state index in [1.165, 1.54) is 38.2 Å². The second-order valence-corrected chi connectivity index (χ2v) is 6.54.